The minimum atomic E-state index is -0.150. The summed E-state index contributed by atoms with van der Waals surface area (Å²) in [5.41, 5.74) is 4.41. The molecule has 0 amide bonds. The molecule has 188 valence electrons. The summed E-state index contributed by atoms with van der Waals surface area (Å²) in [6.07, 6.45) is 20.4. The second kappa shape index (κ2) is 7.09. The Morgan fingerprint density at radius 1 is 1.03 bits per heavy atom. The van der Waals surface area contributed by atoms with Gasteiger partial charge in [0.2, 0.25) is 0 Å². The van der Waals surface area contributed by atoms with Gasteiger partial charge < -0.3 is 4.74 Å². The molecule has 1 aromatic heterocycles. The van der Waals surface area contributed by atoms with E-state index >= 15 is 0 Å². The van der Waals surface area contributed by atoms with Crippen LogP contribution in [0.4, 0.5) is 0 Å². The number of quaternary nitrogens is 1. The van der Waals surface area contributed by atoms with Gasteiger partial charge in [-0.25, -0.2) is 5.21 Å². The lowest BCUT2D eigenvalue weighted by Crippen LogP contribution is -2.59. The smallest absolute Gasteiger partial charge is 0.122 e. The lowest BCUT2D eigenvalue weighted by Gasteiger charge is -2.55. The highest BCUT2D eigenvalue weighted by Gasteiger charge is 2.67. The third kappa shape index (κ3) is 2.79. The number of ether oxygens (including phenoxy) is 1. The minimum absolute atomic E-state index is 0.135. The summed E-state index contributed by atoms with van der Waals surface area (Å²) in [5, 5.41) is 13.9. The van der Waals surface area contributed by atoms with E-state index in [-0.39, 0.29) is 21.3 Å². The van der Waals surface area contributed by atoms with Gasteiger partial charge in [-0.1, -0.05) is 31.2 Å². The van der Waals surface area contributed by atoms with Crippen molar-refractivity contribution in [3.05, 3.63) is 65.5 Å². The van der Waals surface area contributed by atoms with E-state index in [0.29, 0.717) is 23.9 Å². The van der Waals surface area contributed by atoms with Crippen LogP contribution in [0.1, 0.15) is 82.6 Å². The van der Waals surface area contributed by atoms with Crippen LogP contribution >= 0.6 is 0 Å². The maximum atomic E-state index is 11.4. The van der Waals surface area contributed by atoms with Crippen LogP contribution in [0.5, 0.6) is 0 Å². The maximum Gasteiger partial charge on any atom is 0.122 e. The molecule has 4 nitrogen and oxygen atoms in total. The molecule has 8 rings (SSSR count). The number of aromatic nitrogens is 1. The number of nitrogens with zero attached hydrogens (tertiary/aromatic N) is 2. The fourth-order valence-electron chi connectivity index (χ4n) is 9.59. The number of hydroxylamine groups is 3. The molecule has 2 unspecified atom stereocenters. The van der Waals surface area contributed by atoms with E-state index in [9.17, 15) is 5.21 Å². The van der Waals surface area contributed by atoms with E-state index in [2.05, 4.69) is 55.4 Å². The summed E-state index contributed by atoms with van der Waals surface area (Å²) in [4.78, 5) is 4.38. The minimum Gasteiger partial charge on any atom is -0.359 e. The molecule has 6 aliphatic rings. The average molecular weight is 484 g/mol. The van der Waals surface area contributed by atoms with Gasteiger partial charge in [0.1, 0.15) is 12.1 Å². The van der Waals surface area contributed by atoms with Crippen LogP contribution in [0.3, 0.4) is 0 Å². The van der Waals surface area contributed by atoms with Crippen molar-refractivity contribution in [2.75, 3.05) is 7.05 Å². The molecule has 1 aromatic carbocycles. The highest BCUT2D eigenvalue weighted by atomic mass is 16.6. The van der Waals surface area contributed by atoms with Gasteiger partial charge >= 0.3 is 0 Å². The Hall–Kier alpha value is -2.01. The first kappa shape index (κ1) is 22.0. The number of rotatable bonds is 3. The summed E-state index contributed by atoms with van der Waals surface area (Å²) in [5.74, 6) is 1.10. The lowest BCUT2D eigenvalue weighted by molar-refractivity contribution is -1.11. The van der Waals surface area contributed by atoms with E-state index in [1.165, 1.54) is 53.2 Å². The van der Waals surface area contributed by atoms with Gasteiger partial charge in [-0.15, -0.1) is 0 Å². The highest BCUT2D eigenvalue weighted by molar-refractivity contribution is 5.82. The quantitative estimate of drug-likeness (QED) is 0.384. The molecule has 4 heteroatoms. The van der Waals surface area contributed by atoms with Gasteiger partial charge in [-0.2, -0.15) is 4.65 Å². The van der Waals surface area contributed by atoms with Crippen LogP contribution in [0, 0.1) is 11.3 Å². The van der Waals surface area contributed by atoms with Crippen molar-refractivity contribution >= 4 is 10.8 Å². The molecule has 1 N–H and O–H groups in total. The molecule has 0 radical (unpaired) electrons. The van der Waals surface area contributed by atoms with Crippen LogP contribution in [-0.2, 0) is 4.74 Å². The summed E-state index contributed by atoms with van der Waals surface area (Å²) >= 11 is 0. The van der Waals surface area contributed by atoms with Gasteiger partial charge in [-0.05, 0) is 90.0 Å². The number of allylic oxidation sites excluding steroid dienone is 1. The Morgan fingerprint density at radius 2 is 1.92 bits per heavy atom. The molecule has 3 saturated carbocycles. The Morgan fingerprint density at radius 3 is 2.78 bits per heavy atom. The molecular formula is C32H39N2O2+. The first-order valence-corrected chi connectivity index (χ1v) is 14.4. The van der Waals surface area contributed by atoms with Crippen LogP contribution < -0.4 is 0 Å². The summed E-state index contributed by atoms with van der Waals surface area (Å²) in [6.45, 7) is 2.55. The molecule has 4 aliphatic carbocycles. The van der Waals surface area contributed by atoms with E-state index < -0.39 is 0 Å². The fraction of sp³-hybridized carbons (Fsp3) is 0.594. The molecule has 2 aliphatic heterocycles. The van der Waals surface area contributed by atoms with Crippen molar-refractivity contribution in [1.82, 2.24) is 4.98 Å². The highest BCUT2D eigenvalue weighted by Crippen LogP contribution is 2.69. The Balaban J connectivity index is 1.15. The van der Waals surface area contributed by atoms with Crippen LogP contribution in [0.25, 0.3) is 10.8 Å². The van der Waals surface area contributed by atoms with E-state index in [4.69, 9.17) is 4.74 Å². The first-order chi connectivity index (χ1) is 17.3. The molecule has 36 heavy (non-hydrogen) atoms. The van der Waals surface area contributed by atoms with Crippen molar-refractivity contribution in [1.29, 1.82) is 0 Å². The molecule has 1 saturated heterocycles. The van der Waals surface area contributed by atoms with Crippen molar-refractivity contribution < 1.29 is 14.6 Å². The third-order valence-corrected chi connectivity index (χ3v) is 11.7. The van der Waals surface area contributed by atoms with Crippen molar-refractivity contribution in [2.24, 2.45) is 11.3 Å². The van der Waals surface area contributed by atoms with Crippen molar-refractivity contribution in [3.63, 3.8) is 0 Å². The van der Waals surface area contributed by atoms with Gasteiger partial charge in [0.25, 0.3) is 0 Å². The average Bonchev–Trinajstić information content (AvgIpc) is 3.63. The zero-order chi connectivity index (χ0) is 24.3. The fourth-order valence-corrected chi connectivity index (χ4v) is 9.59. The second-order valence-corrected chi connectivity index (χ2v) is 13.4. The van der Waals surface area contributed by atoms with Gasteiger partial charge in [-0.3, -0.25) is 4.98 Å². The van der Waals surface area contributed by atoms with E-state index in [1.807, 2.05) is 12.4 Å². The topological polar surface area (TPSA) is 42.4 Å². The zero-order valence-corrected chi connectivity index (χ0v) is 21.7. The van der Waals surface area contributed by atoms with Crippen LogP contribution in [0.15, 0.2) is 60.0 Å². The molecule has 4 fully saturated rings. The standard InChI is InChI=1S/C32H39N2O2/c1-30-13-11-25-18-24-5-6-27(34(2,35)26-7-8-26)19-31(24)14-15-32(25,36-31)29(30)10-9-28(30)22-4-3-21-12-16-33-20-23(21)17-22/h3-4,11-12,16-18,20,26-29,35H,5-10,13-15,19H2,1-2H3/q+1/t27-,28-,29-,30-,31?,32-,34?/m1/s1. The molecule has 2 spiro atoms. The molecule has 7 atom stereocenters. The maximum absolute atomic E-state index is 11.4. The van der Waals surface area contributed by atoms with Gasteiger partial charge in [0.15, 0.2) is 0 Å². The van der Waals surface area contributed by atoms with Crippen molar-refractivity contribution in [2.45, 2.75) is 100 Å². The predicted molar refractivity (Wildman–Crippen MR) is 141 cm³/mol. The lowest BCUT2D eigenvalue weighted by atomic mass is 9.58. The number of pyridine rings is 1. The van der Waals surface area contributed by atoms with Gasteiger partial charge in [0.05, 0.1) is 18.2 Å². The normalized spacial score (nSPS) is 42.7. The largest absolute Gasteiger partial charge is 0.359 e. The first-order valence-electron chi connectivity index (χ1n) is 14.4. The molecule has 2 bridgehead atoms. The molecular weight excluding hydrogens is 444 g/mol. The number of fused-ring (bicyclic) bond motifs is 2. The van der Waals surface area contributed by atoms with Gasteiger partial charge in [0, 0.05) is 43.5 Å². The van der Waals surface area contributed by atoms with Crippen molar-refractivity contribution in [3.8, 4) is 0 Å². The Kier molecular flexibility index (Phi) is 4.34. The SMILES string of the molecule is C[C@]12CC=C3C=C4CC[C@@H]([N+](C)(O)C5CC5)CC45CC[C@]3(O5)[C@@H]1CC[C@@H]2c1ccc2ccncc2c1. The summed E-state index contributed by atoms with van der Waals surface area (Å²) < 4.78 is 7.69. The monoisotopic (exact) mass is 483 g/mol. The molecule has 3 heterocycles. The summed E-state index contributed by atoms with van der Waals surface area (Å²) in [7, 11) is 2.06. The molecule has 2 aromatic rings. The Bertz CT molecular complexity index is 1320. The third-order valence-electron chi connectivity index (χ3n) is 11.7. The summed E-state index contributed by atoms with van der Waals surface area (Å²) in [6, 6.07) is 9.91. The number of benzene rings is 1. The van der Waals surface area contributed by atoms with E-state index in [1.54, 1.807) is 0 Å². The number of hydrogen-bond donors (Lipinski definition) is 1. The second-order valence-electron chi connectivity index (χ2n) is 13.4. The number of hydrogen-bond acceptors (Lipinski definition) is 3. The van der Waals surface area contributed by atoms with E-state index in [0.717, 1.165) is 38.5 Å². The van der Waals surface area contributed by atoms with Crippen LogP contribution in [-0.4, -0.2) is 45.2 Å². The predicted octanol–water partition coefficient (Wildman–Crippen LogP) is 6.84. The zero-order valence-electron chi connectivity index (χ0n) is 21.7. The Labute approximate surface area is 214 Å². The van der Waals surface area contributed by atoms with Crippen LogP contribution in [0.2, 0.25) is 0 Å².